The highest BCUT2D eigenvalue weighted by molar-refractivity contribution is 5.74. The number of nitrogens with zero attached hydrogens (tertiary/aromatic N) is 4. The van der Waals surface area contributed by atoms with Crippen LogP contribution in [0.3, 0.4) is 0 Å². The van der Waals surface area contributed by atoms with Gasteiger partial charge < -0.3 is 4.90 Å². The molecule has 1 unspecified atom stereocenters. The first kappa shape index (κ1) is 14.3. The number of aliphatic imine (C=N–C) groups is 1. The Balaban J connectivity index is 2.31. The molecule has 0 bridgehead atoms. The molecule has 4 nitrogen and oxygen atoms in total. The van der Waals surface area contributed by atoms with Gasteiger partial charge in [-0.1, -0.05) is 0 Å². The zero-order chi connectivity index (χ0) is 15.0. The fraction of sp³-hybridized carbons (Fsp3) is 0.300. The minimum atomic E-state index is -4.75. The Morgan fingerprint density at radius 1 is 1.00 bits per heavy atom. The molecule has 20 heavy (non-hydrogen) atoms. The van der Waals surface area contributed by atoms with Crippen LogP contribution in [0.25, 0.3) is 0 Å². The number of hydrogen-bond donors (Lipinski definition) is 0. The highest BCUT2D eigenvalue weighted by Crippen LogP contribution is 2.32. The van der Waals surface area contributed by atoms with Crippen LogP contribution < -0.4 is 4.90 Å². The van der Waals surface area contributed by atoms with Gasteiger partial charge in [-0.2, -0.15) is 26.3 Å². The van der Waals surface area contributed by atoms with Crippen LogP contribution in [0.5, 0.6) is 0 Å². The van der Waals surface area contributed by atoms with Crippen molar-refractivity contribution >= 4 is 11.9 Å². The van der Waals surface area contributed by atoms with E-state index < -0.39 is 24.3 Å². The van der Waals surface area contributed by atoms with E-state index in [0.717, 1.165) is 12.4 Å². The van der Waals surface area contributed by atoms with Gasteiger partial charge in [0.25, 0.3) is 0 Å². The lowest BCUT2D eigenvalue weighted by Gasteiger charge is -2.30. The van der Waals surface area contributed by atoms with E-state index in [2.05, 4.69) is 15.0 Å². The Morgan fingerprint density at radius 2 is 1.60 bits per heavy atom. The Bertz CT molecular complexity index is 530. The summed E-state index contributed by atoms with van der Waals surface area (Å²) in [5.74, 6) is -1.42. The standard InChI is InChI=1S/C10H6F6N4/c11-9(12,13)7-18-4-6(5-19-7)20-3-1-2-17-8(20)10(14,15)16/h1-5,8H. The third kappa shape index (κ3) is 2.89. The van der Waals surface area contributed by atoms with E-state index in [1.165, 1.54) is 6.08 Å². The molecule has 1 aromatic heterocycles. The van der Waals surface area contributed by atoms with Gasteiger partial charge in [0.2, 0.25) is 12.0 Å². The van der Waals surface area contributed by atoms with Gasteiger partial charge >= 0.3 is 12.4 Å². The van der Waals surface area contributed by atoms with Gasteiger partial charge in [0.1, 0.15) is 0 Å². The quantitative estimate of drug-likeness (QED) is 0.748. The predicted molar refractivity (Wildman–Crippen MR) is 57.0 cm³/mol. The molecule has 1 atom stereocenters. The van der Waals surface area contributed by atoms with Crippen LogP contribution in [0.2, 0.25) is 0 Å². The normalized spacial score (nSPS) is 19.5. The van der Waals surface area contributed by atoms with Gasteiger partial charge in [0, 0.05) is 12.4 Å². The number of rotatable bonds is 1. The molecule has 108 valence electrons. The Kier molecular flexibility index (Phi) is 3.40. The molecule has 0 N–H and O–H groups in total. The van der Waals surface area contributed by atoms with Gasteiger partial charge in [-0.3, -0.25) is 4.99 Å². The number of halogens is 6. The smallest absolute Gasteiger partial charge is 0.315 e. The molecule has 0 saturated heterocycles. The number of anilines is 1. The molecule has 1 aliphatic heterocycles. The summed E-state index contributed by atoms with van der Waals surface area (Å²) in [6.07, 6.45) is -7.09. The van der Waals surface area contributed by atoms with Crippen LogP contribution in [-0.4, -0.2) is 28.5 Å². The molecule has 10 heteroatoms. The first-order valence-corrected chi connectivity index (χ1v) is 5.14. The van der Waals surface area contributed by atoms with Crippen molar-refractivity contribution in [1.82, 2.24) is 9.97 Å². The van der Waals surface area contributed by atoms with Crippen LogP contribution in [0.15, 0.2) is 29.7 Å². The Hall–Kier alpha value is -2.13. The molecule has 0 aromatic carbocycles. The highest BCUT2D eigenvalue weighted by Gasteiger charge is 2.44. The molecule has 0 radical (unpaired) electrons. The van der Waals surface area contributed by atoms with Crippen LogP contribution in [-0.2, 0) is 6.18 Å². The van der Waals surface area contributed by atoms with Crippen LogP contribution in [0.1, 0.15) is 5.82 Å². The summed E-state index contributed by atoms with van der Waals surface area (Å²) in [5.41, 5.74) is -0.242. The van der Waals surface area contributed by atoms with Gasteiger partial charge in [0.15, 0.2) is 0 Å². The molecule has 2 rings (SSSR count). The second-order valence-corrected chi connectivity index (χ2v) is 3.72. The van der Waals surface area contributed by atoms with Crippen molar-refractivity contribution in [3.8, 4) is 0 Å². The van der Waals surface area contributed by atoms with E-state index in [1.807, 2.05) is 0 Å². The molecular formula is C10H6F6N4. The third-order valence-electron chi connectivity index (χ3n) is 2.31. The Labute approximate surface area is 108 Å². The molecular weight excluding hydrogens is 290 g/mol. The Morgan fingerprint density at radius 3 is 2.10 bits per heavy atom. The zero-order valence-electron chi connectivity index (χ0n) is 9.52. The van der Waals surface area contributed by atoms with Crippen molar-refractivity contribution < 1.29 is 26.3 Å². The summed E-state index contributed by atoms with van der Waals surface area (Å²) in [4.78, 5) is 9.90. The summed E-state index contributed by atoms with van der Waals surface area (Å²) in [7, 11) is 0. The lowest BCUT2D eigenvalue weighted by atomic mass is 10.3. The SMILES string of the molecule is FC(F)(F)c1ncc(N2C=CC=NC2C(F)(F)F)cn1. The van der Waals surface area contributed by atoms with Crippen molar-refractivity contribution in [1.29, 1.82) is 0 Å². The maximum Gasteiger partial charge on any atom is 0.451 e. The maximum absolute atomic E-state index is 12.7. The summed E-state index contributed by atoms with van der Waals surface area (Å²) in [6, 6.07) is 0. The summed E-state index contributed by atoms with van der Waals surface area (Å²) >= 11 is 0. The monoisotopic (exact) mass is 296 g/mol. The largest absolute Gasteiger partial charge is 0.451 e. The predicted octanol–water partition coefficient (Wildman–Crippen LogP) is 2.79. The third-order valence-corrected chi connectivity index (χ3v) is 2.31. The van der Waals surface area contributed by atoms with Crippen molar-refractivity contribution in [2.75, 3.05) is 4.90 Å². The molecule has 1 aromatic rings. The summed E-state index contributed by atoms with van der Waals surface area (Å²) in [5, 5.41) is 0. The van der Waals surface area contributed by atoms with Gasteiger partial charge in [0.05, 0.1) is 18.1 Å². The molecule has 2 heterocycles. The van der Waals surface area contributed by atoms with Crippen molar-refractivity contribution in [2.45, 2.75) is 18.5 Å². The maximum atomic E-state index is 12.7. The molecule has 0 aliphatic carbocycles. The summed E-state index contributed by atoms with van der Waals surface area (Å²) < 4.78 is 75.0. The van der Waals surface area contributed by atoms with Crippen molar-refractivity contribution in [3.05, 3.63) is 30.5 Å². The van der Waals surface area contributed by atoms with E-state index in [1.54, 1.807) is 0 Å². The second kappa shape index (κ2) is 4.76. The van der Waals surface area contributed by atoms with Gasteiger partial charge in [-0.05, 0) is 6.08 Å². The summed E-state index contributed by atoms with van der Waals surface area (Å²) in [6.45, 7) is 0. The van der Waals surface area contributed by atoms with Crippen LogP contribution >= 0.6 is 0 Å². The average Bonchev–Trinajstić information content (AvgIpc) is 2.37. The number of hydrogen-bond acceptors (Lipinski definition) is 4. The number of aromatic nitrogens is 2. The second-order valence-electron chi connectivity index (χ2n) is 3.72. The topological polar surface area (TPSA) is 41.4 Å². The first-order valence-electron chi connectivity index (χ1n) is 5.14. The first-order chi connectivity index (χ1) is 9.19. The van der Waals surface area contributed by atoms with Gasteiger partial charge in [-0.25, -0.2) is 9.97 Å². The van der Waals surface area contributed by atoms with E-state index >= 15 is 0 Å². The molecule has 0 spiro atoms. The van der Waals surface area contributed by atoms with Crippen molar-refractivity contribution in [2.24, 2.45) is 4.99 Å². The minimum absolute atomic E-state index is 0.242. The number of alkyl halides is 6. The lowest BCUT2D eigenvalue weighted by Crippen LogP contribution is -2.43. The van der Waals surface area contributed by atoms with Crippen LogP contribution in [0, 0.1) is 0 Å². The minimum Gasteiger partial charge on any atom is -0.315 e. The highest BCUT2D eigenvalue weighted by atomic mass is 19.4. The molecule has 1 aliphatic rings. The number of allylic oxidation sites excluding steroid dienone is 1. The van der Waals surface area contributed by atoms with E-state index in [-0.39, 0.29) is 5.69 Å². The van der Waals surface area contributed by atoms with Gasteiger partial charge in [-0.15, -0.1) is 0 Å². The van der Waals surface area contributed by atoms with Crippen LogP contribution in [0.4, 0.5) is 32.0 Å². The zero-order valence-corrected chi connectivity index (χ0v) is 9.52. The van der Waals surface area contributed by atoms with E-state index in [0.29, 0.717) is 17.3 Å². The van der Waals surface area contributed by atoms with E-state index in [9.17, 15) is 26.3 Å². The molecule has 0 amide bonds. The molecule has 0 saturated carbocycles. The fourth-order valence-electron chi connectivity index (χ4n) is 1.49. The van der Waals surface area contributed by atoms with Crippen molar-refractivity contribution in [3.63, 3.8) is 0 Å². The fourth-order valence-corrected chi connectivity index (χ4v) is 1.49. The molecule has 0 fully saturated rings. The lowest BCUT2D eigenvalue weighted by molar-refractivity contribution is -0.146. The average molecular weight is 296 g/mol. The van der Waals surface area contributed by atoms with E-state index in [4.69, 9.17) is 0 Å².